The predicted molar refractivity (Wildman–Crippen MR) is 63.8 cm³/mol. The molecular weight excluding hydrogens is 218 g/mol. The third kappa shape index (κ3) is 1.79. The van der Waals surface area contributed by atoms with Crippen molar-refractivity contribution in [2.75, 3.05) is 13.2 Å². The molecule has 1 aliphatic rings. The molecule has 0 saturated heterocycles. The van der Waals surface area contributed by atoms with Crippen molar-refractivity contribution >= 4 is 11.7 Å². The maximum absolute atomic E-state index is 12.2. The number of esters is 1. The highest BCUT2D eigenvalue weighted by molar-refractivity contribution is 6.12. The summed E-state index contributed by atoms with van der Waals surface area (Å²) in [6.45, 7) is 4.14. The maximum atomic E-state index is 12.2. The molecule has 1 aromatic rings. The zero-order valence-electron chi connectivity index (χ0n) is 9.97. The van der Waals surface area contributed by atoms with Crippen molar-refractivity contribution in [3.63, 3.8) is 0 Å². The zero-order chi connectivity index (χ0) is 12.3. The number of hydrogen-bond donors (Lipinski definition) is 0. The molecule has 0 aromatic heterocycles. The fourth-order valence-corrected chi connectivity index (χ4v) is 2.00. The number of hydrogen-bond acceptors (Lipinski definition) is 4. The van der Waals surface area contributed by atoms with Crippen LogP contribution in [0.2, 0.25) is 0 Å². The first-order valence-corrected chi connectivity index (χ1v) is 5.61. The quantitative estimate of drug-likeness (QED) is 0.749. The second-order valence-corrected chi connectivity index (χ2v) is 3.94. The predicted octanol–water partition coefficient (Wildman–Crippen LogP) is 1.89. The average molecular weight is 233 g/mol. The molecule has 0 aliphatic carbocycles. The lowest BCUT2D eigenvalue weighted by Gasteiger charge is -2.25. The number of ether oxygens (including phenoxy) is 1. The van der Waals surface area contributed by atoms with E-state index < -0.39 is 5.41 Å². The molecule has 17 heavy (non-hydrogen) atoms. The van der Waals surface area contributed by atoms with Gasteiger partial charge in [-0.1, -0.05) is 35.5 Å². The van der Waals surface area contributed by atoms with Gasteiger partial charge in [0.2, 0.25) is 0 Å². The van der Waals surface area contributed by atoms with Crippen molar-refractivity contribution in [1.82, 2.24) is 0 Å². The number of carbonyl (C=O) groups excluding carboxylic acids is 1. The van der Waals surface area contributed by atoms with Crippen LogP contribution < -0.4 is 0 Å². The highest BCUT2D eigenvalue weighted by atomic mass is 16.6. The van der Waals surface area contributed by atoms with E-state index in [-0.39, 0.29) is 12.6 Å². The molecule has 0 saturated carbocycles. The van der Waals surface area contributed by atoms with Gasteiger partial charge in [0.05, 0.1) is 12.3 Å². The molecule has 1 aromatic carbocycles. The van der Waals surface area contributed by atoms with Crippen LogP contribution in [0.4, 0.5) is 0 Å². The first kappa shape index (κ1) is 11.6. The van der Waals surface area contributed by atoms with Crippen LogP contribution in [-0.4, -0.2) is 24.9 Å². The molecule has 0 spiro atoms. The van der Waals surface area contributed by atoms with Crippen LogP contribution in [0.1, 0.15) is 19.4 Å². The molecule has 0 fully saturated rings. The summed E-state index contributed by atoms with van der Waals surface area (Å²) in [5.41, 5.74) is 0.622. The molecule has 0 bridgehead atoms. The van der Waals surface area contributed by atoms with E-state index in [1.54, 1.807) is 13.8 Å². The lowest BCUT2D eigenvalue weighted by atomic mass is 9.78. The van der Waals surface area contributed by atoms with E-state index in [1.165, 1.54) is 0 Å². The molecular formula is C13H15NO3. The largest absolute Gasteiger partial charge is 0.465 e. The highest BCUT2D eigenvalue weighted by Gasteiger charge is 2.49. The molecule has 1 aliphatic heterocycles. The minimum Gasteiger partial charge on any atom is -0.465 e. The van der Waals surface area contributed by atoms with Gasteiger partial charge in [-0.05, 0) is 19.4 Å². The molecule has 1 heterocycles. The lowest BCUT2D eigenvalue weighted by Crippen LogP contribution is -2.44. The van der Waals surface area contributed by atoms with Crippen LogP contribution in [0, 0.1) is 0 Å². The van der Waals surface area contributed by atoms with Gasteiger partial charge < -0.3 is 9.57 Å². The van der Waals surface area contributed by atoms with E-state index in [4.69, 9.17) is 9.57 Å². The van der Waals surface area contributed by atoms with Crippen molar-refractivity contribution < 1.29 is 14.4 Å². The van der Waals surface area contributed by atoms with Crippen molar-refractivity contribution in [3.05, 3.63) is 35.9 Å². The summed E-state index contributed by atoms with van der Waals surface area (Å²) in [6.07, 6.45) is 0. The van der Waals surface area contributed by atoms with Crippen LogP contribution in [0.15, 0.2) is 35.5 Å². The van der Waals surface area contributed by atoms with Crippen LogP contribution in [0.25, 0.3) is 0 Å². The summed E-state index contributed by atoms with van der Waals surface area (Å²) in [5.74, 6) is -0.301. The topological polar surface area (TPSA) is 47.9 Å². The normalized spacial score (nSPS) is 22.8. The molecule has 0 radical (unpaired) electrons. The summed E-state index contributed by atoms with van der Waals surface area (Å²) in [7, 11) is 0. The Kier molecular flexibility index (Phi) is 3.13. The zero-order valence-corrected chi connectivity index (χ0v) is 9.97. The summed E-state index contributed by atoms with van der Waals surface area (Å²) in [6, 6.07) is 9.48. The Bertz CT molecular complexity index is 441. The number of carbonyl (C=O) groups is 1. The monoisotopic (exact) mass is 233 g/mol. The molecule has 4 nitrogen and oxygen atoms in total. The second kappa shape index (κ2) is 4.57. The van der Waals surface area contributed by atoms with Gasteiger partial charge in [0.25, 0.3) is 0 Å². The lowest BCUT2D eigenvalue weighted by molar-refractivity contribution is -0.148. The minimum atomic E-state index is -0.878. The minimum absolute atomic E-state index is 0.210. The molecule has 4 heteroatoms. The van der Waals surface area contributed by atoms with E-state index in [0.717, 1.165) is 5.56 Å². The van der Waals surface area contributed by atoms with Gasteiger partial charge in [-0.3, -0.25) is 4.79 Å². The van der Waals surface area contributed by atoms with Crippen LogP contribution >= 0.6 is 0 Å². The summed E-state index contributed by atoms with van der Waals surface area (Å²) in [4.78, 5) is 17.3. The van der Waals surface area contributed by atoms with Crippen LogP contribution in [0.5, 0.6) is 0 Å². The van der Waals surface area contributed by atoms with Gasteiger partial charge in [-0.15, -0.1) is 0 Å². The van der Waals surface area contributed by atoms with Crippen LogP contribution in [0.3, 0.4) is 0 Å². The van der Waals surface area contributed by atoms with Gasteiger partial charge >= 0.3 is 5.97 Å². The van der Waals surface area contributed by atoms with E-state index in [0.29, 0.717) is 12.3 Å². The molecule has 0 N–H and O–H groups in total. The number of benzene rings is 1. The van der Waals surface area contributed by atoms with Gasteiger partial charge in [-0.2, -0.15) is 0 Å². The van der Waals surface area contributed by atoms with Gasteiger partial charge in [0.15, 0.2) is 5.41 Å². The van der Waals surface area contributed by atoms with E-state index in [9.17, 15) is 4.79 Å². The molecule has 1 atom stereocenters. The summed E-state index contributed by atoms with van der Waals surface area (Å²) >= 11 is 0. The van der Waals surface area contributed by atoms with Gasteiger partial charge in [0, 0.05) is 0 Å². The molecule has 2 rings (SSSR count). The van der Waals surface area contributed by atoms with Crippen molar-refractivity contribution in [2.45, 2.75) is 19.3 Å². The average Bonchev–Trinajstić information content (AvgIpc) is 2.73. The number of nitrogens with zero attached hydrogens (tertiary/aromatic N) is 1. The fourth-order valence-electron chi connectivity index (χ4n) is 2.00. The molecule has 0 amide bonds. The molecule has 90 valence electrons. The SMILES string of the molecule is CCOC(=O)C1(c2ccccc2)CON=C1C. The standard InChI is InChI=1S/C13H15NO3/c1-3-16-12(15)13(9-17-14-10(13)2)11-7-5-4-6-8-11/h4-8H,3,9H2,1-2H3. The first-order valence-electron chi connectivity index (χ1n) is 5.61. The Morgan fingerprint density at radius 3 is 2.71 bits per heavy atom. The Labute approximate surface area is 100 Å². The first-order chi connectivity index (χ1) is 8.21. The van der Waals surface area contributed by atoms with Crippen molar-refractivity contribution in [2.24, 2.45) is 5.16 Å². The third-order valence-corrected chi connectivity index (χ3v) is 2.99. The third-order valence-electron chi connectivity index (χ3n) is 2.99. The van der Waals surface area contributed by atoms with Crippen molar-refractivity contribution in [3.8, 4) is 0 Å². The van der Waals surface area contributed by atoms with Gasteiger partial charge in [0.1, 0.15) is 6.61 Å². The number of rotatable bonds is 3. The Morgan fingerprint density at radius 1 is 1.47 bits per heavy atom. The highest BCUT2D eigenvalue weighted by Crippen LogP contribution is 2.32. The summed E-state index contributed by atoms with van der Waals surface area (Å²) in [5, 5.41) is 3.89. The smallest absolute Gasteiger partial charge is 0.326 e. The van der Waals surface area contributed by atoms with E-state index in [1.807, 2.05) is 30.3 Å². The Hall–Kier alpha value is -1.84. The fraction of sp³-hybridized carbons (Fsp3) is 0.385. The Morgan fingerprint density at radius 2 is 2.18 bits per heavy atom. The number of oxime groups is 1. The van der Waals surface area contributed by atoms with E-state index in [2.05, 4.69) is 5.16 Å². The summed E-state index contributed by atoms with van der Waals surface area (Å²) < 4.78 is 5.15. The van der Waals surface area contributed by atoms with E-state index >= 15 is 0 Å². The Balaban J connectivity index is 2.46. The maximum Gasteiger partial charge on any atom is 0.326 e. The molecule has 1 unspecified atom stereocenters. The van der Waals surface area contributed by atoms with Crippen LogP contribution in [-0.2, 0) is 19.8 Å². The van der Waals surface area contributed by atoms with Gasteiger partial charge in [-0.25, -0.2) is 0 Å². The second-order valence-electron chi connectivity index (χ2n) is 3.94. The van der Waals surface area contributed by atoms with Crippen molar-refractivity contribution in [1.29, 1.82) is 0 Å².